The number of rotatable bonds is 1. The smallest absolute Gasteiger partial charge is 0.197 e. The third-order valence-corrected chi connectivity index (χ3v) is 5.10. The van der Waals surface area contributed by atoms with Crippen LogP contribution < -0.4 is 5.32 Å². The van der Waals surface area contributed by atoms with E-state index in [1.54, 1.807) is 5.57 Å². The number of nitrogens with zero attached hydrogens (tertiary/aromatic N) is 1. The highest BCUT2D eigenvalue weighted by molar-refractivity contribution is 7.80. The fraction of sp³-hybridized carbons (Fsp3) is 0.474. The zero-order valence-corrected chi connectivity index (χ0v) is 15.0. The molecular formula is C19H23ClN2S. The van der Waals surface area contributed by atoms with E-state index in [1.165, 1.54) is 62.7 Å². The molecule has 3 rings (SSSR count). The third-order valence-electron chi connectivity index (χ3n) is 4.65. The number of hydrogen-bond donors (Lipinski definition) is 1. The van der Waals surface area contributed by atoms with Gasteiger partial charge in [0, 0.05) is 16.4 Å². The van der Waals surface area contributed by atoms with Crippen molar-refractivity contribution in [1.82, 2.24) is 0 Å². The molecule has 2 nitrogen and oxygen atoms in total. The van der Waals surface area contributed by atoms with Crippen LogP contribution in [0.3, 0.4) is 0 Å². The Hall–Kier alpha value is -1.19. The monoisotopic (exact) mass is 346 g/mol. The van der Waals surface area contributed by atoms with E-state index in [-0.39, 0.29) is 0 Å². The maximum absolute atomic E-state index is 5.91. The molecule has 1 aromatic rings. The second kappa shape index (κ2) is 8.07. The molecule has 122 valence electrons. The molecule has 0 aliphatic heterocycles. The van der Waals surface area contributed by atoms with Crippen LogP contribution >= 0.6 is 23.8 Å². The first-order valence-electron chi connectivity index (χ1n) is 8.58. The van der Waals surface area contributed by atoms with E-state index in [0.717, 1.165) is 17.1 Å². The van der Waals surface area contributed by atoms with Gasteiger partial charge in [0.2, 0.25) is 0 Å². The summed E-state index contributed by atoms with van der Waals surface area (Å²) < 4.78 is 0. The van der Waals surface area contributed by atoms with Crippen LogP contribution in [0.5, 0.6) is 0 Å². The minimum atomic E-state index is 0.554. The predicted molar refractivity (Wildman–Crippen MR) is 104 cm³/mol. The van der Waals surface area contributed by atoms with Crippen molar-refractivity contribution < 1.29 is 0 Å². The van der Waals surface area contributed by atoms with Crippen molar-refractivity contribution in [3.63, 3.8) is 0 Å². The summed E-state index contributed by atoms with van der Waals surface area (Å²) in [5.41, 5.74) is 5.31. The molecule has 23 heavy (non-hydrogen) atoms. The molecule has 2 aliphatic rings. The van der Waals surface area contributed by atoms with Crippen LogP contribution in [0, 0.1) is 0 Å². The summed E-state index contributed by atoms with van der Waals surface area (Å²) in [4.78, 5) is 4.76. The summed E-state index contributed by atoms with van der Waals surface area (Å²) in [5.74, 6) is 0. The molecule has 2 aliphatic carbocycles. The molecule has 0 atom stereocenters. The molecule has 1 N–H and O–H groups in total. The maximum atomic E-state index is 5.91. The van der Waals surface area contributed by atoms with E-state index >= 15 is 0 Å². The Morgan fingerprint density at radius 3 is 2.30 bits per heavy atom. The summed E-state index contributed by atoms with van der Waals surface area (Å²) in [6.45, 7) is 0. The van der Waals surface area contributed by atoms with Crippen LogP contribution in [0.4, 0.5) is 5.69 Å². The van der Waals surface area contributed by atoms with Gasteiger partial charge in [-0.05, 0) is 93.4 Å². The summed E-state index contributed by atoms with van der Waals surface area (Å²) in [7, 11) is 0. The highest BCUT2D eigenvalue weighted by atomic mass is 35.5. The van der Waals surface area contributed by atoms with E-state index in [0.29, 0.717) is 5.11 Å². The van der Waals surface area contributed by atoms with Crippen molar-refractivity contribution in [3.8, 4) is 0 Å². The van der Waals surface area contributed by atoms with Crippen molar-refractivity contribution in [1.29, 1.82) is 0 Å². The topological polar surface area (TPSA) is 24.4 Å². The molecule has 0 spiro atoms. The standard InChI is InChI=1S/C19H23ClN2S/c20-15-10-12-16(13-11-15)21-19(23)22-18-9-5-4-8-17(18)14-6-2-1-3-7-14/h10-13H,1-9H2,(H,21,23). The quantitative estimate of drug-likeness (QED) is 0.602. The second-order valence-corrected chi connectivity index (χ2v) is 7.17. The van der Waals surface area contributed by atoms with E-state index in [9.17, 15) is 0 Å². The van der Waals surface area contributed by atoms with Gasteiger partial charge in [-0.1, -0.05) is 23.6 Å². The molecule has 2 saturated carbocycles. The number of anilines is 1. The average Bonchev–Trinajstić information content (AvgIpc) is 2.58. The first kappa shape index (κ1) is 16.7. The fourth-order valence-electron chi connectivity index (χ4n) is 3.48. The van der Waals surface area contributed by atoms with E-state index in [4.69, 9.17) is 28.8 Å². The molecule has 0 aromatic heterocycles. The molecule has 4 heteroatoms. The zero-order valence-electron chi connectivity index (χ0n) is 13.4. The van der Waals surface area contributed by atoms with Gasteiger partial charge in [-0.15, -0.1) is 0 Å². The SMILES string of the molecule is S=C(N=C1CCCCC1=C1CCCCC1)Nc1ccc(Cl)cc1. The lowest BCUT2D eigenvalue weighted by atomic mass is 9.83. The van der Waals surface area contributed by atoms with Crippen LogP contribution in [-0.2, 0) is 0 Å². The van der Waals surface area contributed by atoms with Gasteiger partial charge in [0.25, 0.3) is 0 Å². The van der Waals surface area contributed by atoms with Crippen LogP contribution in [0.2, 0.25) is 5.02 Å². The van der Waals surface area contributed by atoms with Gasteiger partial charge in [0.1, 0.15) is 0 Å². The van der Waals surface area contributed by atoms with Crippen LogP contribution in [0.1, 0.15) is 57.8 Å². The number of thiocarbonyl (C=S) groups is 1. The van der Waals surface area contributed by atoms with Gasteiger partial charge in [-0.3, -0.25) is 0 Å². The number of nitrogens with one attached hydrogen (secondary N) is 1. The van der Waals surface area contributed by atoms with E-state index in [1.807, 2.05) is 24.3 Å². The molecule has 0 saturated heterocycles. The summed E-state index contributed by atoms with van der Waals surface area (Å²) in [5, 5.41) is 4.48. The second-order valence-electron chi connectivity index (χ2n) is 6.35. The van der Waals surface area contributed by atoms with Gasteiger partial charge >= 0.3 is 0 Å². The Morgan fingerprint density at radius 2 is 1.57 bits per heavy atom. The van der Waals surface area contributed by atoms with Gasteiger partial charge in [-0.25, -0.2) is 4.99 Å². The lowest BCUT2D eigenvalue weighted by Crippen LogP contribution is -2.17. The lowest BCUT2D eigenvalue weighted by Gasteiger charge is -2.24. The number of hydrogen-bond acceptors (Lipinski definition) is 1. The molecule has 0 amide bonds. The van der Waals surface area contributed by atoms with Crippen molar-refractivity contribution in [2.24, 2.45) is 4.99 Å². The summed E-state index contributed by atoms with van der Waals surface area (Å²) in [6.07, 6.45) is 11.3. The van der Waals surface area contributed by atoms with E-state index < -0.39 is 0 Å². The molecule has 0 bridgehead atoms. The largest absolute Gasteiger partial charge is 0.331 e. The minimum absolute atomic E-state index is 0.554. The summed E-state index contributed by atoms with van der Waals surface area (Å²) in [6, 6.07) is 7.57. The van der Waals surface area contributed by atoms with Crippen molar-refractivity contribution in [3.05, 3.63) is 40.4 Å². The number of halogens is 1. The van der Waals surface area contributed by atoms with E-state index in [2.05, 4.69) is 5.32 Å². The van der Waals surface area contributed by atoms with Gasteiger partial charge in [0.15, 0.2) is 5.11 Å². The van der Waals surface area contributed by atoms with Crippen LogP contribution in [0.25, 0.3) is 0 Å². The van der Waals surface area contributed by atoms with Gasteiger partial charge in [-0.2, -0.15) is 0 Å². The highest BCUT2D eigenvalue weighted by Gasteiger charge is 2.19. The molecule has 0 heterocycles. The Bertz CT molecular complexity index is 623. The normalized spacial score (nSPS) is 20.7. The van der Waals surface area contributed by atoms with Crippen molar-refractivity contribution >= 4 is 40.3 Å². The fourth-order valence-corrected chi connectivity index (χ4v) is 3.84. The Kier molecular flexibility index (Phi) is 5.85. The summed E-state index contributed by atoms with van der Waals surface area (Å²) >= 11 is 11.4. The first-order valence-corrected chi connectivity index (χ1v) is 9.36. The molecule has 0 unspecified atom stereocenters. The Balaban J connectivity index is 1.75. The average molecular weight is 347 g/mol. The molecule has 2 fully saturated rings. The Labute approximate surface area is 149 Å². The Morgan fingerprint density at radius 1 is 0.913 bits per heavy atom. The predicted octanol–water partition coefficient (Wildman–Crippen LogP) is 6.31. The van der Waals surface area contributed by atoms with Crippen LogP contribution in [-0.4, -0.2) is 10.8 Å². The third kappa shape index (κ3) is 4.65. The molecule has 1 aromatic carbocycles. The first-order chi connectivity index (χ1) is 11.2. The molecular weight excluding hydrogens is 324 g/mol. The molecule has 0 radical (unpaired) electrons. The van der Waals surface area contributed by atoms with Crippen molar-refractivity contribution in [2.45, 2.75) is 57.8 Å². The zero-order chi connectivity index (χ0) is 16.1. The number of aliphatic imine (C=N–C) groups is 1. The lowest BCUT2D eigenvalue weighted by molar-refractivity contribution is 0.587. The maximum Gasteiger partial charge on any atom is 0.197 e. The van der Waals surface area contributed by atoms with Gasteiger partial charge < -0.3 is 5.32 Å². The van der Waals surface area contributed by atoms with Gasteiger partial charge in [0.05, 0.1) is 0 Å². The minimum Gasteiger partial charge on any atom is -0.331 e. The highest BCUT2D eigenvalue weighted by Crippen LogP contribution is 2.32. The van der Waals surface area contributed by atoms with Crippen molar-refractivity contribution in [2.75, 3.05) is 5.32 Å². The number of benzene rings is 1. The van der Waals surface area contributed by atoms with Crippen LogP contribution in [0.15, 0.2) is 40.4 Å². The number of allylic oxidation sites excluding steroid dienone is 2.